The van der Waals surface area contributed by atoms with Crippen LogP contribution in [0.3, 0.4) is 0 Å². The van der Waals surface area contributed by atoms with Gasteiger partial charge in [0.15, 0.2) is 17.7 Å². The summed E-state index contributed by atoms with van der Waals surface area (Å²) in [7, 11) is 1.96. The van der Waals surface area contributed by atoms with Crippen LogP contribution < -0.4 is 14.8 Å². The van der Waals surface area contributed by atoms with E-state index < -0.39 is 31.1 Å². The fourth-order valence-electron chi connectivity index (χ4n) is 4.61. The van der Waals surface area contributed by atoms with Gasteiger partial charge in [0.2, 0.25) is 5.95 Å². The number of hydrogen-bond donors (Lipinski definition) is 5. The Hall–Kier alpha value is -2.93. The molecule has 3 aromatic rings. The van der Waals surface area contributed by atoms with Gasteiger partial charge in [0.05, 0.1) is 37.5 Å². The Bertz CT molecular complexity index is 1190. The number of anilines is 1. The van der Waals surface area contributed by atoms with Gasteiger partial charge >= 0.3 is 0 Å². The standard InChI is InChI=1S/C28H40N4O7/c1-3-14-37-22-10-9-19(16-23(22)38-15-6-11-31(2)12-13-33)17-29-28-30-20-7-4-5-8-21(20)32(28)27-26(36)25(35)24(18-34)39-27/h4-5,7-10,16,24-27,33-36H,3,6,11-15,17-18H2,1-2H3,(H,29,30)/t24-,25-,26-,27-/m1/s1. The van der Waals surface area contributed by atoms with E-state index in [2.05, 4.69) is 17.1 Å². The topological polar surface area (TPSA) is 142 Å². The molecular formula is C28H40N4O7. The van der Waals surface area contributed by atoms with E-state index in [-0.39, 0.29) is 6.61 Å². The number of aromatic nitrogens is 2. The van der Waals surface area contributed by atoms with E-state index in [9.17, 15) is 15.3 Å². The highest BCUT2D eigenvalue weighted by atomic mass is 16.6. The normalized spacial score (nSPS) is 21.1. The Morgan fingerprint density at radius 1 is 1.03 bits per heavy atom. The maximum Gasteiger partial charge on any atom is 0.206 e. The molecule has 1 aliphatic rings. The zero-order valence-corrected chi connectivity index (χ0v) is 22.6. The number of fused-ring (bicyclic) bond motifs is 1. The number of benzene rings is 2. The van der Waals surface area contributed by atoms with Crippen molar-refractivity contribution in [2.45, 2.75) is 50.8 Å². The largest absolute Gasteiger partial charge is 0.490 e. The number of rotatable bonds is 15. The summed E-state index contributed by atoms with van der Waals surface area (Å²) in [4.78, 5) is 6.75. The number of nitrogens with one attached hydrogen (secondary N) is 1. The van der Waals surface area contributed by atoms with Gasteiger partial charge in [0, 0.05) is 19.6 Å². The van der Waals surface area contributed by atoms with Crippen molar-refractivity contribution in [3.8, 4) is 11.5 Å². The van der Waals surface area contributed by atoms with Gasteiger partial charge in [-0.3, -0.25) is 4.57 Å². The minimum absolute atomic E-state index is 0.129. The number of nitrogens with zero attached hydrogens (tertiary/aromatic N) is 3. The van der Waals surface area contributed by atoms with Crippen LogP contribution in [0.5, 0.6) is 11.5 Å². The maximum atomic E-state index is 10.7. The Morgan fingerprint density at radius 3 is 2.56 bits per heavy atom. The van der Waals surface area contributed by atoms with Crippen molar-refractivity contribution in [2.24, 2.45) is 0 Å². The van der Waals surface area contributed by atoms with Crippen molar-refractivity contribution in [3.05, 3.63) is 48.0 Å². The SMILES string of the molecule is CCCOc1ccc(CNc2nc3ccccc3n2[C@@H]2O[C@H](CO)[C@@H](O)[C@H]2O)cc1OCCCN(C)CCO. The first-order valence-corrected chi connectivity index (χ1v) is 13.5. The molecule has 1 aliphatic heterocycles. The number of aliphatic hydroxyl groups is 4. The van der Waals surface area contributed by atoms with Crippen LogP contribution in [0.1, 0.15) is 31.6 Å². The highest BCUT2D eigenvalue weighted by Gasteiger charge is 2.44. The molecule has 0 aliphatic carbocycles. The smallest absolute Gasteiger partial charge is 0.206 e. The van der Waals surface area contributed by atoms with E-state index in [1.807, 2.05) is 49.5 Å². The number of hydrogen-bond acceptors (Lipinski definition) is 10. The molecule has 1 saturated heterocycles. The lowest BCUT2D eigenvalue weighted by Crippen LogP contribution is -2.33. The number of aliphatic hydroxyl groups excluding tert-OH is 4. The van der Waals surface area contributed by atoms with Gasteiger partial charge in [-0.1, -0.05) is 25.1 Å². The second kappa shape index (κ2) is 13.9. The molecule has 39 heavy (non-hydrogen) atoms. The number of ether oxygens (including phenoxy) is 3. The van der Waals surface area contributed by atoms with Crippen molar-refractivity contribution in [2.75, 3.05) is 51.9 Å². The van der Waals surface area contributed by atoms with E-state index in [0.717, 1.165) is 30.5 Å². The fraction of sp³-hybridized carbons (Fsp3) is 0.536. The summed E-state index contributed by atoms with van der Waals surface area (Å²) in [6, 6.07) is 13.3. The Kier molecular flexibility index (Phi) is 10.4. The van der Waals surface area contributed by atoms with Gasteiger partial charge in [0.25, 0.3) is 0 Å². The molecule has 11 heteroatoms. The van der Waals surface area contributed by atoms with Gasteiger partial charge in [-0.05, 0) is 49.7 Å². The molecule has 0 unspecified atom stereocenters. The zero-order chi connectivity index (χ0) is 27.8. The van der Waals surface area contributed by atoms with Crippen LogP contribution >= 0.6 is 0 Å². The van der Waals surface area contributed by atoms with Gasteiger partial charge in [-0.2, -0.15) is 0 Å². The van der Waals surface area contributed by atoms with E-state index in [0.29, 0.717) is 49.3 Å². The van der Waals surface area contributed by atoms with Gasteiger partial charge < -0.3 is 44.9 Å². The third-order valence-corrected chi connectivity index (χ3v) is 6.71. The summed E-state index contributed by atoms with van der Waals surface area (Å²) in [6.45, 7) is 4.71. The maximum absolute atomic E-state index is 10.7. The lowest BCUT2D eigenvalue weighted by Gasteiger charge is -2.20. The van der Waals surface area contributed by atoms with Crippen LogP contribution in [0.4, 0.5) is 5.95 Å². The highest BCUT2D eigenvalue weighted by Crippen LogP contribution is 2.35. The summed E-state index contributed by atoms with van der Waals surface area (Å²) >= 11 is 0. The fourth-order valence-corrected chi connectivity index (χ4v) is 4.61. The molecule has 214 valence electrons. The Balaban J connectivity index is 1.51. The average Bonchev–Trinajstić information content (AvgIpc) is 3.45. The first kappa shape index (κ1) is 29.1. The summed E-state index contributed by atoms with van der Waals surface area (Å²) in [5, 5.41) is 43.0. The molecule has 0 bridgehead atoms. The molecule has 11 nitrogen and oxygen atoms in total. The molecule has 1 fully saturated rings. The minimum Gasteiger partial charge on any atom is -0.490 e. The lowest BCUT2D eigenvalue weighted by molar-refractivity contribution is -0.0499. The van der Waals surface area contributed by atoms with Gasteiger partial charge in [0.1, 0.15) is 18.3 Å². The molecule has 2 heterocycles. The third kappa shape index (κ3) is 6.99. The summed E-state index contributed by atoms with van der Waals surface area (Å²) in [5.74, 6) is 1.80. The van der Waals surface area contributed by atoms with Crippen LogP contribution in [0.2, 0.25) is 0 Å². The molecule has 1 aromatic heterocycles. The number of imidazole rings is 1. The summed E-state index contributed by atoms with van der Waals surface area (Å²) < 4.78 is 19.5. The van der Waals surface area contributed by atoms with Crippen molar-refractivity contribution in [1.82, 2.24) is 14.5 Å². The summed E-state index contributed by atoms with van der Waals surface area (Å²) in [6.07, 6.45) is -2.57. The number of para-hydroxylation sites is 2. The monoisotopic (exact) mass is 544 g/mol. The third-order valence-electron chi connectivity index (χ3n) is 6.71. The van der Waals surface area contributed by atoms with Crippen molar-refractivity contribution in [1.29, 1.82) is 0 Å². The van der Waals surface area contributed by atoms with E-state index in [4.69, 9.17) is 24.3 Å². The highest BCUT2D eigenvalue weighted by molar-refractivity contribution is 5.78. The lowest BCUT2D eigenvalue weighted by atomic mass is 10.1. The first-order valence-electron chi connectivity index (χ1n) is 13.5. The van der Waals surface area contributed by atoms with Crippen LogP contribution in [0, 0.1) is 0 Å². The Morgan fingerprint density at radius 2 is 1.82 bits per heavy atom. The predicted octanol–water partition coefficient (Wildman–Crippen LogP) is 1.74. The van der Waals surface area contributed by atoms with Crippen LogP contribution in [-0.4, -0.2) is 99.8 Å². The molecule has 4 atom stereocenters. The quantitative estimate of drug-likeness (QED) is 0.180. The molecule has 4 rings (SSSR count). The second-order valence-electron chi connectivity index (χ2n) is 9.73. The molecule has 0 saturated carbocycles. The number of likely N-dealkylation sites (N-methyl/N-ethyl adjacent to an activating group) is 1. The van der Waals surface area contributed by atoms with Crippen molar-refractivity contribution < 1.29 is 34.6 Å². The molecule has 0 amide bonds. The summed E-state index contributed by atoms with van der Waals surface area (Å²) in [5.41, 5.74) is 2.37. The van der Waals surface area contributed by atoms with Crippen LogP contribution in [0.15, 0.2) is 42.5 Å². The zero-order valence-electron chi connectivity index (χ0n) is 22.6. The van der Waals surface area contributed by atoms with Gasteiger partial charge in [-0.15, -0.1) is 0 Å². The molecule has 0 spiro atoms. The van der Waals surface area contributed by atoms with Crippen molar-refractivity contribution in [3.63, 3.8) is 0 Å². The van der Waals surface area contributed by atoms with Crippen LogP contribution in [0.25, 0.3) is 11.0 Å². The van der Waals surface area contributed by atoms with E-state index >= 15 is 0 Å². The molecule has 2 aromatic carbocycles. The molecular weight excluding hydrogens is 504 g/mol. The molecule has 0 radical (unpaired) electrons. The van der Waals surface area contributed by atoms with E-state index in [1.165, 1.54) is 0 Å². The van der Waals surface area contributed by atoms with Crippen molar-refractivity contribution >= 4 is 17.0 Å². The minimum atomic E-state index is -1.23. The van der Waals surface area contributed by atoms with Crippen LogP contribution in [-0.2, 0) is 11.3 Å². The molecule has 5 N–H and O–H groups in total. The van der Waals surface area contributed by atoms with E-state index in [1.54, 1.807) is 4.57 Å². The average molecular weight is 545 g/mol. The second-order valence-corrected chi connectivity index (χ2v) is 9.73. The predicted molar refractivity (Wildman–Crippen MR) is 147 cm³/mol. The van der Waals surface area contributed by atoms with Gasteiger partial charge in [-0.25, -0.2) is 4.98 Å². The Labute approximate surface area is 228 Å². The first-order chi connectivity index (χ1) is 19.0.